The van der Waals surface area contributed by atoms with E-state index in [0.717, 1.165) is 5.56 Å². The molecule has 0 spiro atoms. The molecule has 0 heterocycles. The van der Waals surface area contributed by atoms with Crippen molar-refractivity contribution in [1.82, 2.24) is 0 Å². The van der Waals surface area contributed by atoms with Crippen molar-refractivity contribution in [3.05, 3.63) is 29.3 Å². The van der Waals surface area contributed by atoms with Crippen LogP contribution in [0.25, 0.3) is 0 Å². The van der Waals surface area contributed by atoms with Gasteiger partial charge in [-0.2, -0.15) is 13.2 Å². The number of benzene rings is 1. The first-order valence-electron chi connectivity index (χ1n) is 4.92. The molecule has 0 aliphatic heterocycles. The molecule has 1 rings (SSSR count). The van der Waals surface area contributed by atoms with Crippen molar-refractivity contribution in [2.45, 2.75) is 25.8 Å². The largest absolute Gasteiger partial charge is 0.490 e. The summed E-state index contributed by atoms with van der Waals surface area (Å²) < 4.78 is 40.9. The summed E-state index contributed by atoms with van der Waals surface area (Å²) in [4.78, 5) is 0. The zero-order valence-electron chi connectivity index (χ0n) is 9.16. The van der Waals surface area contributed by atoms with Crippen molar-refractivity contribution in [1.29, 1.82) is 0 Å². The standard InChI is InChI=1S/C11H13F3O3/c1-7-2-3-9(8(4-7)5-15)17-6-10(16)11(12,13)14/h2-4,10,15-16H,5-6H2,1H3. The number of halogens is 3. The summed E-state index contributed by atoms with van der Waals surface area (Å²) >= 11 is 0. The van der Waals surface area contributed by atoms with Gasteiger partial charge < -0.3 is 14.9 Å². The molecule has 0 saturated carbocycles. The van der Waals surface area contributed by atoms with Crippen LogP contribution in [0.15, 0.2) is 18.2 Å². The van der Waals surface area contributed by atoms with Crippen LogP contribution in [0, 0.1) is 6.92 Å². The van der Waals surface area contributed by atoms with Gasteiger partial charge in [-0.15, -0.1) is 0 Å². The van der Waals surface area contributed by atoms with Crippen molar-refractivity contribution in [2.24, 2.45) is 0 Å². The number of aliphatic hydroxyl groups excluding tert-OH is 2. The summed E-state index contributed by atoms with van der Waals surface area (Å²) in [6, 6.07) is 4.72. The fourth-order valence-electron chi connectivity index (χ4n) is 1.24. The predicted octanol–water partition coefficient (Wildman–Crippen LogP) is 1.79. The maximum absolute atomic E-state index is 12.0. The Morgan fingerprint density at radius 1 is 1.35 bits per heavy atom. The predicted molar refractivity (Wildman–Crippen MR) is 54.7 cm³/mol. The minimum atomic E-state index is -4.70. The second kappa shape index (κ2) is 5.37. The highest BCUT2D eigenvalue weighted by atomic mass is 19.4. The molecule has 1 atom stereocenters. The Bertz CT molecular complexity index is 377. The third-order valence-corrected chi connectivity index (χ3v) is 2.16. The lowest BCUT2D eigenvalue weighted by atomic mass is 10.1. The summed E-state index contributed by atoms with van der Waals surface area (Å²) in [6.07, 6.45) is -7.24. The Morgan fingerprint density at radius 2 is 2.00 bits per heavy atom. The summed E-state index contributed by atoms with van der Waals surface area (Å²) in [7, 11) is 0. The molecule has 17 heavy (non-hydrogen) atoms. The van der Waals surface area contributed by atoms with Gasteiger partial charge in [0, 0.05) is 5.56 Å². The number of hydrogen-bond acceptors (Lipinski definition) is 3. The van der Waals surface area contributed by atoms with E-state index in [1.54, 1.807) is 19.1 Å². The average Bonchev–Trinajstić information content (AvgIpc) is 2.25. The van der Waals surface area contributed by atoms with Gasteiger partial charge in [0.1, 0.15) is 12.4 Å². The van der Waals surface area contributed by atoms with E-state index < -0.39 is 18.9 Å². The number of ether oxygens (including phenoxy) is 1. The Labute approximate surface area is 96.5 Å². The molecular formula is C11H13F3O3. The van der Waals surface area contributed by atoms with E-state index in [4.69, 9.17) is 14.9 Å². The van der Waals surface area contributed by atoms with Crippen molar-refractivity contribution in [3.63, 3.8) is 0 Å². The van der Waals surface area contributed by atoms with Crippen LogP contribution in [0.5, 0.6) is 5.75 Å². The highest BCUT2D eigenvalue weighted by molar-refractivity contribution is 5.36. The van der Waals surface area contributed by atoms with Gasteiger partial charge in [0.05, 0.1) is 6.61 Å². The molecule has 0 aromatic heterocycles. The third-order valence-electron chi connectivity index (χ3n) is 2.16. The van der Waals surface area contributed by atoms with Crippen molar-refractivity contribution < 1.29 is 28.1 Å². The molecule has 1 aromatic rings. The van der Waals surface area contributed by atoms with Crippen molar-refractivity contribution >= 4 is 0 Å². The smallest absolute Gasteiger partial charge is 0.417 e. The van der Waals surface area contributed by atoms with Crippen LogP contribution in [0.1, 0.15) is 11.1 Å². The lowest BCUT2D eigenvalue weighted by molar-refractivity contribution is -0.210. The second-order valence-corrected chi connectivity index (χ2v) is 3.64. The van der Waals surface area contributed by atoms with Crippen LogP contribution in [-0.4, -0.2) is 29.1 Å². The molecule has 96 valence electrons. The molecule has 0 aliphatic rings. The monoisotopic (exact) mass is 250 g/mol. The molecule has 0 bridgehead atoms. The fourth-order valence-corrected chi connectivity index (χ4v) is 1.24. The molecule has 0 aliphatic carbocycles. The second-order valence-electron chi connectivity index (χ2n) is 3.64. The molecular weight excluding hydrogens is 237 g/mol. The molecule has 1 unspecified atom stereocenters. The van der Waals surface area contributed by atoms with Crippen LogP contribution in [0.2, 0.25) is 0 Å². The van der Waals surface area contributed by atoms with Crippen molar-refractivity contribution in [2.75, 3.05) is 6.61 Å². The van der Waals surface area contributed by atoms with E-state index in [0.29, 0.717) is 5.56 Å². The highest BCUT2D eigenvalue weighted by Crippen LogP contribution is 2.23. The van der Waals surface area contributed by atoms with E-state index in [9.17, 15) is 13.2 Å². The summed E-state index contributed by atoms with van der Waals surface area (Å²) in [5.41, 5.74) is 1.25. The molecule has 0 saturated heterocycles. The van der Waals surface area contributed by atoms with Gasteiger partial charge >= 0.3 is 6.18 Å². The van der Waals surface area contributed by atoms with Gasteiger partial charge in [-0.25, -0.2) is 0 Å². The quantitative estimate of drug-likeness (QED) is 0.856. The van der Waals surface area contributed by atoms with Gasteiger partial charge in [-0.1, -0.05) is 17.7 Å². The number of aryl methyl sites for hydroxylation is 1. The Balaban J connectivity index is 2.69. The average molecular weight is 250 g/mol. The Hall–Kier alpha value is -1.27. The number of hydrogen-bond donors (Lipinski definition) is 2. The first kappa shape index (κ1) is 13.8. The fraction of sp³-hybridized carbons (Fsp3) is 0.455. The van der Waals surface area contributed by atoms with Crippen molar-refractivity contribution in [3.8, 4) is 5.75 Å². The van der Waals surface area contributed by atoms with E-state index in [-0.39, 0.29) is 12.4 Å². The van der Waals surface area contributed by atoms with Gasteiger partial charge in [0.25, 0.3) is 0 Å². The van der Waals surface area contributed by atoms with Gasteiger partial charge in [0.2, 0.25) is 0 Å². The SMILES string of the molecule is Cc1ccc(OCC(O)C(F)(F)F)c(CO)c1. The van der Waals surface area contributed by atoms with Gasteiger partial charge in [0.15, 0.2) is 6.10 Å². The molecule has 2 N–H and O–H groups in total. The lowest BCUT2D eigenvalue weighted by Crippen LogP contribution is -2.34. The molecule has 6 heteroatoms. The van der Waals surface area contributed by atoms with E-state index in [1.807, 2.05) is 0 Å². The van der Waals surface area contributed by atoms with E-state index >= 15 is 0 Å². The van der Waals surface area contributed by atoms with Crippen LogP contribution >= 0.6 is 0 Å². The molecule has 3 nitrogen and oxygen atoms in total. The molecule has 0 radical (unpaired) electrons. The Morgan fingerprint density at radius 3 is 2.53 bits per heavy atom. The van der Waals surface area contributed by atoms with Gasteiger partial charge in [-0.3, -0.25) is 0 Å². The van der Waals surface area contributed by atoms with Crippen LogP contribution in [-0.2, 0) is 6.61 Å². The van der Waals surface area contributed by atoms with Crippen LogP contribution < -0.4 is 4.74 Å². The van der Waals surface area contributed by atoms with Crippen LogP contribution in [0.3, 0.4) is 0 Å². The van der Waals surface area contributed by atoms with E-state index in [1.165, 1.54) is 6.07 Å². The summed E-state index contributed by atoms with van der Waals surface area (Å²) in [5, 5.41) is 17.8. The molecule has 1 aromatic carbocycles. The van der Waals surface area contributed by atoms with Crippen LogP contribution in [0.4, 0.5) is 13.2 Å². The molecule has 0 amide bonds. The maximum atomic E-state index is 12.0. The topological polar surface area (TPSA) is 49.7 Å². The summed E-state index contributed by atoms with van der Waals surface area (Å²) in [6.45, 7) is 0.562. The highest BCUT2D eigenvalue weighted by Gasteiger charge is 2.38. The molecule has 0 fully saturated rings. The van der Waals surface area contributed by atoms with Gasteiger partial charge in [-0.05, 0) is 13.0 Å². The minimum Gasteiger partial charge on any atom is -0.490 e. The minimum absolute atomic E-state index is 0.140. The normalized spacial score (nSPS) is 13.5. The zero-order valence-corrected chi connectivity index (χ0v) is 9.16. The maximum Gasteiger partial charge on any atom is 0.417 e. The number of rotatable bonds is 4. The first-order chi connectivity index (χ1) is 7.84. The Kier molecular flexibility index (Phi) is 4.36. The zero-order chi connectivity index (χ0) is 13.1. The number of aliphatic hydroxyl groups is 2. The first-order valence-corrected chi connectivity index (χ1v) is 4.92. The van der Waals surface area contributed by atoms with E-state index in [2.05, 4.69) is 0 Å². The lowest BCUT2D eigenvalue weighted by Gasteiger charge is -2.16. The number of alkyl halides is 3. The summed E-state index contributed by atoms with van der Waals surface area (Å²) in [5.74, 6) is 0.140. The third kappa shape index (κ3) is 3.90.